The van der Waals surface area contributed by atoms with Gasteiger partial charge in [0.1, 0.15) is 12.1 Å². The summed E-state index contributed by atoms with van der Waals surface area (Å²) < 4.78 is 1.69. The largest absolute Gasteiger partial charge is 0.356 e. The molecule has 0 aromatic carbocycles. The standard InChI is InChI=1S/C20H22N6O/c27-19-10-15-2-1-3-17(15)24-26(19)12-14-5-8-25(9-6-14)20-16-4-7-21-11-18(16)22-13-23-20/h4,7,10-11,13-14H,1-3,5-6,8-9,12H2. The lowest BCUT2D eigenvalue weighted by atomic mass is 9.96. The van der Waals surface area contributed by atoms with E-state index in [1.807, 2.05) is 6.07 Å². The van der Waals surface area contributed by atoms with E-state index in [9.17, 15) is 4.79 Å². The predicted octanol–water partition coefficient (Wildman–Crippen LogP) is 1.99. The normalized spacial score (nSPS) is 17.4. The highest BCUT2D eigenvalue weighted by Crippen LogP contribution is 2.27. The molecule has 7 heteroatoms. The monoisotopic (exact) mass is 362 g/mol. The van der Waals surface area contributed by atoms with Gasteiger partial charge in [0.2, 0.25) is 0 Å². The SMILES string of the molecule is O=c1cc2c(nn1CC1CCN(c3ncnc4cnccc34)CC1)CCC2. The van der Waals surface area contributed by atoms with Crippen molar-refractivity contribution < 1.29 is 0 Å². The first-order valence-electron chi connectivity index (χ1n) is 9.67. The lowest BCUT2D eigenvalue weighted by molar-refractivity contribution is 0.333. The number of piperidine rings is 1. The van der Waals surface area contributed by atoms with Crippen LogP contribution >= 0.6 is 0 Å². The van der Waals surface area contributed by atoms with Crippen LogP contribution in [0.1, 0.15) is 30.5 Å². The Hall–Kier alpha value is -2.83. The number of anilines is 1. The Bertz CT molecular complexity index is 1030. The Labute approximate surface area is 157 Å². The lowest BCUT2D eigenvalue weighted by Crippen LogP contribution is -2.37. The molecule has 0 N–H and O–H groups in total. The van der Waals surface area contributed by atoms with E-state index in [0.29, 0.717) is 12.5 Å². The van der Waals surface area contributed by atoms with E-state index < -0.39 is 0 Å². The summed E-state index contributed by atoms with van der Waals surface area (Å²) in [5.41, 5.74) is 3.19. The average molecular weight is 362 g/mol. The molecule has 0 saturated carbocycles. The summed E-state index contributed by atoms with van der Waals surface area (Å²) in [4.78, 5) is 27.6. The molecule has 5 rings (SSSR count). The molecular weight excluding hydrogens is 340 g/mol. The van der Waals surface area contributed by atoms with Crippen molar-refractivity contribution in [2.45, 2.75) is 38.6 Å². The topological polar surface area (TPSA) is 76.8 Å². The van der Waals surface area contributed by atoms with Gasteiger partial charge in [0.15, 0.2) is 0 Å². The number of fused-ring (bicyclic) bond motifs is 2. The third-order valence-electron chi connectivity index (χ3n) is 5.79. The number of aryl methyl sites for hydroxylation is 2. The second-order valence-electron chi connectivity index (χ2n) is 7.51. The van der Waals surface area contributed by atoms with Crippen molar-refractivity contribution in [3.05, 3.63) is 52.5 Å². The Kier molecular flexibility index (Phi) is 4.07. The Morgan fingerprint density at radius 1 is 1.15 bits per heavy atom. The molecule has 1 aliphatic heterocycles. The average Bonchev–Trinajstić information content (AvgIpc) is 3.15. The maximum absolute atomic E-state index is 12.4. The van der Waals surface area contributed by atoms with E-state index in [2.05, 4.69) is 25.0 Å². The van der Waals surface area contributed by atoms with Crippen LogP contribution in [0.3, 0.4) is 0 Å². The molecule has 0 atom stereocenters. The summed E-state index contributed by atoms with van der Waals surface area (Å²) in [7, 11) is 0. The number of aromatic nitrogens is 5. The van der Waals surface area contributed by atoms with Crippen LogP contribution in [0.15, 0.2) is 35.6 Å². The van der Waals surface area contributed by atoms with Crippen LogP contribution in [0.5, 0.6) is 0 Å². The minimum Gasteiger partial charge on any atom is -0.356 e. The van der Waals surface area contributed by atoms with Crippen molar-refractivity contribution in [1.29, 1.82) is 0 Å². The van der Waals surface area contributed by atoms with Gasteiger partial charge in [-0.3, -0.25) is 9.78 Å². The number of hydrogen-bond donors (Lipinski definition) is 0. The Balaban J connectivity index is 1.30. The molecule has 1 saturated heterocycles. The molecule has 0 radical (unpaired) electrons. The summed E-state index contributed by atoms with van der Waals surface area (Å²) >= 11 is 0. The maximum Gasteiger partial charge on any atom is 0.267 e. The zero-order chi connectivity index (χ0) is 18.2. The van der Waals surface area contributed by atoms with Gasteiger partial charge in [-0.2, -0.15) is 5.10 Å². The molecule has 2 aliphatic rings. The number of hydrogen-bond acceptors (Lipinski definition) is 6. The molecule has 0 bridgehead atoms. The molecule has 4 heterocycles. The second-order valence-corrected chi connectivity index (χ2v) is 7.51. The van der Waals surface area contributed by atoms with Crippen molar-refractivity contribution >= 4 is 16.7 Å². The van der Waals surface area contributed by atoms with E-state index in [1.165, 1.54) is 0 Å². The van der Waals surface area contributed by atoms with Crippen LogP contribution in [0.2, 0.25) is 0 Å². The second kappa shape index (κ2) is 6.72. The Morgan fingerprint density at radius 3 is 2.93 bits per heavy atom. The van der Waals surface area contributed by atoms with Crippen LogP contribution in [-0.4, -0.2) is 37.8 Å². The van der Waals surface area contributed by atoms with Crippen LogP contribution < -0.4 is 10.5 Å². The zero-order valence-corrected chi connectivity index (χ0v) is 15.2. The molecule has 7 nitrogen and oxygen atoms in total. The van der Waals surface area contributed by atoms with Crippen molar-refractivity contribution in [3.8, 4) is 0 Å². The molecule has 0 unspecified atom stereocenters. The van der Waals surface area contributed by atoms with Gasteiger partial charge in [0, 0.05) is 37.3 Å². The molecule has 0 spiro atoms. The summed E-state index contributed by atoms with van der Waals surface area (Å²) in [6.45, 7) is 2.58. The smallest absolute Gasteiger partial charge is 0.267 e. The fourth-order valence-corrected chi connectivity index (χ4v) is 4.29. The van der Waals surface area contributed by atoms with Gasteiger partial charge in [-0.15, -0.1) is 0 Å². The summed E-state index contributed by atoms with van der Waals surface area (Å²) in [6, 6.07) is 3.77. The van der Waals surface area contributed by atoms with Crippen molar-refractivity contribution in [3.63, 3.8) is 0 Å². The molecular formula is C20H22N6O. The highest BCUT2D eigenvalue weighted by molar-refractivity contribution is 5.88. The minimum absolute atomic E-state index is 0.0485. The van der Waals surface area contributed by atoms with Gasteiger partial charge in [-0.05, 0) is 49.7 Å². The zero-order valence-electron chi connectivity index (χ0n) is 15.2. The van der Waals surface area contributed by atoms with Crippen molar-refractivity contribution in [1.82, 2.24) is 24.7 Å². The summed E-state index contributed by atoms with van der Waals surface area (Å²) in [6.07, 6.45) is 10.4. The van der Waals surface area contributed by atoms with Gasteiger partial charge < -0.3 is 4.90 Å². The number of pyridine rings is 1. The highest BCUT2D eigenvalue weighted by atomic mass is 16.1. The first-order chi connectivity index (χ1) is 13.3. The summed E-state index contributed by atoms with van der Waals surface area (Å²) in [5, 5.41) is 5.67. The van der Waals surface area contributed by atoms with E-state index in [1.54, 1.807) is 29.5 Å². The fourth-order valence-electron chi connectivity index (χ4n) is 4.29. The van der Waals surface area contributed by atoms with E-state index in [0.717, 1.165) is 73.2 Å². The third-order valence-corrected chi connectivity index (χ3v) is 5.79. The van der Waals surface area contributed by atoms with Crippen LogP contribution in [0.4, 0.5) is 5.82 Å². The van der Waals surface area contributed by atoms with Crippen molar-refractivity contribution in [2.75, 3.05) is 18.0 Å². The summed E-state index contributed by atoms with van der Waals surface area (Å²) in [5.74, 6) is 1.45. The fraction of sp³-hybridized carbons (Fsp3) is 0.450. The predicted molar refractivity (Wildman–Crippen MR) is 103 cm³/mol. The Morgan fingerprint density at radius 2 is 2.04 bits per heavy atom. The van der Waals surface area contributed by atoms with Crippen molar-refractivity contribution in [2.24, 2.45) is 5.92 Å². The quantitative estimate of drug-likeness (QED) is 0.709. The third kappa shape index (κ3) is 3.07. The van der Waals surface area contributed by atoms with Gasteiger partial charge in [-0.1, -0.05) is 0 Å². The van der Waals surface area contributed by atoms with Crippen LogP contribution in [-0.2, 0) is 19.4 Å². The van der Waals surface area contributed by atoms with Crippen LogP contribution in [0, 0.1) is 5.92 Å². The number of nitrogens with zero attached hydrogens (tertiary/aromatic N) is 6. The number of rotatable bonds is 3. The minimum atomic E-state index is 0.0485. The molecule has 3 aromatic heterocycles. The lowest BCUT2D eigenvalue weighted by Gasteiger charge is -2.33. The first kappa shape index (κ1) is 16.4. The molecule has 1 fully saturated rings. The highest BCUT2D eigenvalue weighted by Gasteiger charge is 2.23. The van der Waals surface area contributed by atoms with E-state index in [-0.39, 0.29) is 5.56 Å². The van der Waals surface area contributed by atoms with Gasteiger partial charge in [0.25, 0.3) is 5.56 Å². The molecule has 1 aliphatic carbocycles. The van der Waals surface area contributed by atoms with Crippen LogP contribution in [0.25, 0.3) is 10.9 Å². The molecule has 0 amide bonds. The molecule has 3 aromatic rings. The first-order valence-corrected chi connectivity index (χ1v) is 9.67. The van der Waals surface area contributed by atoms with E-state index in [4.69, 9.17) is 0 Å². The van der Waals surface area contributed by atoms with Gasteiger partial charge >= 0.3 is 0 Å². The van der Waals surface area contributed by atoms with Gasteiger partial charge in [0.05, 0.1) is 17.4 Å². The molecule has 138 valence electrons. The van der Waals surface area contributed by atoms with Gasteiger partial charge in [-0.25, -0.2) is 14.6 Å². The maximum atomic E-state index is 12.4. The molecule has 27 heavy (non-hydrogen) atoms. The van der Waals surface area contributed by atoms with E-state index >= 15 is 0 Å².